The van der Waals surface area contributed by atoms with Gasteiger partial charge in [-0.3, -0.25) is 14.5 Å². The summed E-state index contributed by atoms with van der Waals surface area (Å²) in [7, 11) is 0. The molecule has 3 fully saturated rings. The van der Waals surface area contributed by atoms with Gasteiger partial charge < -0.3 is 14.5 Å². The number of rotatable bonds is 3. The molecule has 0 radical (unpaired) electrons. The van der Waals surface area contributed by atoms with Crippen LogP contribution >= 0.6 is 0 Å². The van der Waals surface area contributed by atoms with Crippen LogP contribution in [0.3, 0.4) is 0 Å². The molecule has 4 aliphatic rings. The summed E-state index contributed by atoms with van der Waals surface area (Å²) in [6.45, 7) is 9.54. The topological polar surface area (TPSA) is 53.1 Å². The minimum absolute atomic E-state index is 0.0191. The molecule has 7 heteroatoms. The molecular weight excluding hydrogens is 385 g/mol. The third kappa shape index (κ3) is 2.82. The number of halogens is 1. The maximum Gasteiger partial charge on any atom is 0.234 e. The SMILES string of the molecule is Cc1cc(F)ccc1N1C[C@]23C=C[C@H](O2)C(C(=O)N2CCN(C(C)C)CC2)C3C1=O. The van der Waals surface area contributed by atoms with Gasteiger partial charge in [0.1, 0.15) is 11.4 Å². The van der Waals surface area contributed by atoms with Crippen molar-refractivity contribution in [2.24, 2.45) is 11.8 Å². The highest BCUT2D eigenvalue weighted by atomic mass is 19.1. The van der Waals surface area contributed by atoms with E-state index in [4.69, 9.17) is 4.74 Å². The van der Waals surface area contributed by atoms with Crippen LogP contribution in [0.4, 0.5) is 10.1 Å². The van der Waals surface area contributed by atoms with Crippen LogP contribution in [0.15, 0.2) is 30.4 Å². The Labute approximate surface area is 176 Å². The molecule has 30 heavy (non-hydrogen) atoms. The number of nitrogens with zero attached hydrogens (tertiary/aromatic N) is 3. The lowest BCUT2D eigenvalue weighted by Crippen LogP contribution is -2.54. The van der Waals surface area contributed by atoms with Gasteiger partial charge in [0, 0.05) is 37.9 Å². The van der Waals surface area contributed by atoms with Crippen molar-refractivity contribution < 1.29 is 18.7 Å². The maximum absolute atomic E-state index is 13.6. The largest absolute Gasteiger partial charge is 0.360 e. The van der Waals surface area contributed by atoms with E-state index >= 15 is 0 Å². The van der Waals surface area contributed by atoms with E-state index in [1.165, 1.54) is 12.1 Å². The number of fused-ring (bicyclic) bond motifs is 1. The summed E-state index contributed by atoms with van der Waals surface area (Å²) in [6, 6.07) is 4.90. The van der Waals surface area contributed by atoms with Gasteiger partial charge in [0.2, 0.25) is 11.8 Å². The van der Waals surface area contributed by atoms with Crippen LogP contribution in [0.25, 0.3) is 0 Å². The summed E-state index contributed by atoms with van der Waals surface area (Å²) >= 11 is 0. The third-order valence-corrected chi connectivity index (χ3v) is 7.19. The van der Waals surface area contributed by atoms with E-state index in [0.29, 0.717) is 36.9 Å². The van der Waals surface area contributed by atoms with Crippen molar-refractivity contribution in [3.63, 3.8) is 0 Å². The molecule has 2 bridgehead atoms. The second kappa shape index (κ2) is 6.89. The lowest BCUT2D eigenvalue weighted by molar-refractivity contribution is -0.142. The number of aryl methyl sites for hydroxylation is 1. The van der Waals surface area contributed by atoms with Crippen molar-refractivity contribution in [3.05, 3.63) is 41.7 Å². The Hall–Kier alpha value is -2.25. The molecule has 4 atom stereocenters. The van der Waals surface area contributed by atoms with Gasteiger partial charge in [0.15, 0.2) is 0 Å². The second-order valence-corrected chi connectivity index (χ2v) is 9.21. The van der Waals surface area contributed by atoms with Gasteiger partial charge in [-0.05, 0) is 44.5 Å². The van der Waals surface area contributed by atoms with Crippen LogP contribution in [0.5, 0.6) is 0 Å². The van der Waals surface area contributed by atoms with E-state index < -0.39 is 17.4 Å². The maximum atomic E-state index is 13.6. The van der Waals surface area contributed by atoms with Gasteiger partial charge in [-0.15, -0.1) is 0 Å². The lowest BCUT2D eigenvalue weighted by atomic mass is 9.76. The normalized spacial score (nSPS) is 33.1. The van der Waals surface area contributed by atoms with E-state index in [2.05, 4.69) is 18.7 Å². The number of carbonyl (C=O) groups is 2. The molecule has 1 aromatic carbocycles. The minimum atomic E-state index is -0.761. The zero-order chi connectivity index (χ0) is 21.2. The number of ether oxygens (including phenoxy) is 1. The number of hydrogen-bond acceptors (Lipinski definition) is 4. The first kappa shape index (κ1) is 19.7. The summed E-state index contributed by atoms with van der Waals surface area (Å²) in [4.78, 5) is 32.9. The van der Waals surface area contributed by atoms with Crippen molar-refractivity contribution >= 4 is 17.5 Å². The number of benzene rings is 1. The second-order valence-electron chi connectivity index (χ2n) is 9.21. The number of carbonyl (C=O) groups excluding carboxylic acids is 2. The van der Waals surface area contributed by atoms with E-state index in [1.54, 1.807) is 17.9 Å². The van der Waals surface area contributed by atoms with E-state index in [-0.39, 0.29) is 23.7 Å². The summed E-state index contributed by atoms with van der Waals surface area (Å²) in [5.41, 5.74) is 0.621. The zero-order valence-electron chi connectivity index (χ0n) is 17.7. The molecule has 3 saturated heterocycles. The van der Waals surface area contributed by atoms with Crippen LogP contribution in [0, 0.1) is 24.6 Å². The summed E-state index contributed by atoms with van der Waals surface area (Å²) in [6.07, 6.45) is 3.56. The highest BCUT2D eigenvalue weighted by Gasteiger charge is 2.67. The quantitative estimate of drug-likeness (QED) is 0.711. The molecule has 0 aromatic heterocycles. The standard InChI is InChI=1S/C23H28FN3O3/c1-14(2)25-8-10-26(11-9-25)21(28)19-18-6-7-23(30-18)13-27(22(29)20(19)23)17-5-4-16(24)12-15(17)3/h4-7,12,14,18-20H,8-11,13H2,1-3H3/t18-,19?,20?,23-/m0/s1. The summed E-state index contributed by atoms with van der Waals surface area (Å²) in [5.74, 6) is -1.42. The average molecular weight is 413 g/mol. The van der Waals surface area contributed by atoms with Crippen LogP contribution in [-0.2, 0) is 14.3 Å². The molecule has 6 nitrogen and oxygen atoms in total. The van der Waals surface area contributed by atoms with Crippen LogP contribution < -0.4 is 4.90 Å². The van der Waals surface area contributed by atoms with Crippen LogP contribution in [0.2, 0.25) is 0 Å². The van der Waals surface area contributed by atoms with Crippen LogP contribution in [-0.4, -0.2) is 72.1 Å². The fraction of sp³-hybridized carbons (Fsp3) is 0.565. The average Bonchev–Trinajstić information content (AvgIpc) is 3.36. The van der Waals surface area contributed by atoms with E-state index in [1.807, 2.05) is 17.1 Å². The number of piperazine rings is 1. The zero-order valence-corrected chi connectivity index (χ0v) is 17.7. The molecular formula is C23H28FN3O3. The molecule has 4 aliphatic heterocycles. The first-order valence-electron chi connectivity index (χ1n) is 10.8. The molecule has 0 N–H and O–H groups in total. The highest BCUT2D eigenvalue weighted by molar-refractivity contribution is 6.03. The summed E-state index contributed by atoms with van der Waals surface area (Å²) in [5, 5.41) is 0. The Kier molecular flexibility index (Phi) is 4.52. The van der Waals surface area contributed by atoms with E-state index in [0.717, 1.165) is 13.1 Å². The number of hydrogen-bond donors (Lipinski definition) is 0. The molecule has 1 spiro atoms. The monoisotopic (exact) mass is 413 g/mol. The predicted molar refractivity (Wildman–Crippen MR) is 111 cm³/mol. The van der Waals surface area contributed by atoms with Gasteiger partial charge in [-0.2, -0.15) is 0 Å². The van der Waals surface area contributed by atoms with Crippen LogP contribution in [0.1, 0.15) is 19.4 Å². The molecule has 5 rings (SSSR count). The Morgan fingerprint density at radius 2 is 1.97 bits per heavy atom. The summed E-state index contributed by atoms with van der Waals surface area (Å²) < 4.78 is 19.8. The Morgan fingerprint density at radius 1 is 1.23 bits per heavy atom. The first-order chi connectivity index (χ1) is 14.3. The Morgan fingerprint density at radius 3 is 2.63 bits per heavy atom. The van der Waals surface area contributed by atoms with E-state index in [9.17, 15) is 14.0 Å². The molecule has 0 aliphatic carbocycles. The van der Waals surface area contributed by atoms with Crippen molar-refractivity contribution in [2.75, 3.05) is 37.6 Å². The molecule has 160 valence electrons. The molecule has 1 aromatic rings. The van der Waals surface area contributed by atoms with Gasteiger partial charge in [-0.1, -0.05) is 12.2 Å². The van der Waals surface area contributed by atoms with Crippen molar-refractivity contribution in [1.29, 1.82) is 0 Å². The molecule has 4 heterocycles. The number of amides is 2. The molecule has 0 saturated carbocycles. The van der Waals surface area contributed by atoms with Gasteiger partial charge in [0.05, 0.1) is 24.5 Å². The van der Waals surface area contributed by atoms with Crippen molar-refractivity contribution in [1.82, 2.24) is 9.80 Å². The first-order valence-corrected chi connectivity index (χ1v) is 10.8. The van der Waals surface area contributed by atoms with Crippen molar-refractivity contribution in [2.45, 2.75) is 38.5 Å². The minimum Gasteiger partial charge on any atom is -0.360 e. The van der Waals surface area contributed by atoms with Gasteiger partial charge in [-0.25, -0.2) is 4.39 Å². The Balaban J connectivity index is 1.40. The molecule has 2 amide bonds. The van der Waals surface area contributed by atoms with Gasteiger partial charge >= 0.3 is 0 Å². The number of anilines is 1. The third-order valence-electron chi connectivity index (χ3n) is 7.19. The molecule has 2 unspecified atom stereocenters. The predicted octanol–water partition coefficient (Wildman–Crippen LogP) is 1.97. The fourth-order valence-corrected chi connectivity index (χ4v) is 5.58. The van der Waals surface area contributed by atoms with Crippen molar-refractivity contribution in [3.8, 4) is 0 Å². The van der Waals surface area contributed by atoms with Gasteiger partial charge in [0.25, 0.3) is 0 Å². The highest BCUT2D eigenvalue weighted by Crippen LogP contribution is 2.53. The smallest absolute Gasteiger partial charge is 0.234 e. The lowest BCUT2D eigenvalue weighted by Gasteiger charge is -2.39. The Bertz CT molecular complexity index is 924. The fourth-order valence-electron chi connectivity index (χ4n) is 5.58.